The smallest absolute Gasteiger partial charge is 0.0891 e. The quantitative estimate of drug-likeness (QED) is 0.871. The number of rotatable bonds is 4. The van der Waals surface area contributed by atoms with Gasteiger partial charge in [0.2, 0.25) is 0 Å². The molecule has 0 amide bonds. The van der Waals surface area contributed by atoms with Crippen LogP contribution in [0, 0.1) is 5.92 Å². The monoisotopic (exact) mass is 234 g/mol. The average Bonchev–Trinajstić information content (AvgIpc) is 2.38. The molecule has 1 aromatic rings. The predicted molar refractivity (Wildman–Crippen MR) is 68.3 cm³/mol. The van der Waals surface area contributed by atoms with Crippen LogP contribution in [0.4, 0.5) is 0 Å². The minimum absolute atomic E-state index is 0.416. The Balaban J connectivity index is 1.84. The summed E-state index contributed by atoms with van der Waals surface area (Å²) < 4.78 is 5.96. The van der Waals surface area contributed by atoms with Crippen LogP contribution in [0.2, 0.25) is 0 Å². The van der Waals surface area contributed by atoms with E-state index < -0.39 is 0 Å². The summed E-state index contributed by atoms with van der Waals surface area (Å²) in [5.41, 5.74) is 7.61. The fourth-order valence-corrected chi connectivity index (χ4v) is 2.38. The second kappa shape index (κ2) is 6.12. The van der Waals surface area contributed by atoms with Crippen LogP contribution in [0.15, 0.2) is 18.3 Å². The van der Waals surface area contributed by atoms with Crippen molar-refractivity contribution in [3.05, 3.63) is 29.6 Å². The van der Waals surface area contributed by atoms with Crippen molar-refractivity contribution in [2.75, 3.05) is 0 Å². The number of hydrogen-bond acceptors (Lipinski definition) is 3. The van der Waals surface area contributed by atoms with Crippen molar-refractivity contribution >= 4 is 0 Å². The number of pyridine rings is 1. The molecule has 0 radical (unpaired) electrons. The van der Waals surface area contributed by atoms with Gasteiger partial charge in [-0.1, -0.05) is 25.8 Å². The lowest BCUT2D eigenvalue weighted by Gasteiger charge is -2.28. The molecule has 3 nitrogen and oxygen atoms in total. The van der Waals surface area contributed by atoms with E-state index in [1.807, 2.05) is 18.3 Å². The Labute approximate surface area is 103 Å². The molecular weight excluding hydrogens is 212 g/mol. The van der Waals surface area contributed by atoms with Gasteiger partial charge in [0, 0.05) is 12.7 Å². The molecule has 1 aromatic heterocycles. The Morgan fingerprint density at radius 1 is 1.35 bits per heavy atom. The summed E-state index contributed by atoms with van der Waals surface area (Å²) in [6.45, 7) is 3.46. The van der Waals surface area contributed by atoms with E-state index >= 15 is 0 Å². The van der Waals surface area contributed by atoms with E-state index in [0.29, 0.717) is 25.2 Å². The number of aromatic nitrogens is 1. The molecule has 0 saturated heterocycles. The molecule has 94 valence electrons. The van der Waals surface area contributed by atoms with Crippen molar-refractivity contribution in [1.29, 1.82) is 0 Å². The molecule has 3 heteroatoms. The summed E-state index contributed by atoms with van der Waals surface area (Å²) in [5, 5.41) is 0. The SMILES string of the molecule is CC1CCCCC1OCc1ccc(CN)cn1. The maximum Gasteiger partial charge on any atom is 0.0891 e. The van der Waals surface area contributed by atoms with Crippen molar-refractivity contribution in [2.45, 2.75) is 51.9 Å². The third-order valence-corrected chi connectivity index (χ3v) is 3.60. The van der Waals surface area contributed by atoms with Gasteiger partial charge in [0.15, 0.2) is 0 Å². The maximum absolute atomic E-state index is 5.96. The van der Waals surface area contributed by atoms with Gasteiger partial charge in [-0.2, -0.15) is 0 Å². The van der Waals surface area contributed by atoms with Crippen molar-refractivity contribution in [3.63, 3.8) is 0 Å². The molecule has 1 aliphatic rings. The Morgan fingerprint density at radius 2 is 2.18 bits per heavy atom. The highest BCUT2D eigenvalue weighted by atomic mass is 16.5. The van der Waals surface area contributed by atoms with Crippen LogP contribution in [0.3, 0.4) is 0 Å². The van der Waals surface area contributed by atoms with E-state index in [1.54, 1.807) is 0 Å². The highest BCUT2D eigenvalue weighted by Crippen LogP contribution is 2.26. The Bertz CT molecular complexity index is 337. The van der Waals surface area contributed by atoms with Crippen LogP contribution in [-0.2, 0) is 17.9 Å². The Morgan fingerprint density at radius 3 is 2.82 bits per heavy atom. The molecule has 2 N–H and O–H groups in total. The van der Waals surface area contributed by atoms with Crippen LogP contribution in [-0.4, -0.2) is 11.1 Å². The molecule has 2 unspecified atom stereocenters. The molecule has 0 bridgehead atoms. The first-order valence-electron chi connectivity index (χ1n) is 6.55. The van der Waals surface area contributed by atoms with Gasteiger partial charge in [-0.25, -0.2) is 0 Å². The van der Waals surface area contributed by atoms with Crippen molar-refractivity contribution in [1.82, 2.24) is 4.98 Å². The van der Waals surface area contributed by atoms with Crippen LogP contribution >= 0.6 is 0 Å². The zero-order chi connectivity index (χ0) is 12.1. The number of nitrogens with two attached hydrogens (primary N) is 1. The first-order valence-corrected chi connectivity index (χ1v) is 6.55. The van der Waals surface area contributed by atoms with Gasteiger partial charge in [-0.15, -0.1) is 0 Å². The van der Waals surface area contributed by atoms with Gasteiger partial charge in [0.05, 0.1) is 18.4 Å². The molecule has 2 atom stereocenters. The summed E-state index contributed by atoms with van der Waals surface area (Å²) in [6, 6.07) is 4.03. The van der Waals surface area contributed by atoms with Gasteiger partial charge in [-0.3, -0.25) is 4.98 Å². The Kier molecular flexibility index (Phi) is 4.51. The minimum Gasteiger partial charge on any atom is -0.372 e. The van der Waals surface area contributed by atoms with Crippen molar-refractivity contribution < 1.29 is 4.74 Å². The topological polar surface area (TPSA) is 48.1 Å². The lowest BCUT2D eigenvalue weighted by molar-refractivity contribution is -0.0167. The van der Waals surface area contributed by atoms with Crippen molar-refractivity contribution in [3.8, 4) is 0 Å². The number of ether oxygens (including phenoxy) is 1. The third kappa shape index (κ3) is 3.51. The third-order valence-electron chi connectivity index (χ3n) is 3.60. The first-order chi connectivity index (χ1) is 8.29. The second-order valence-corrected chi connectivity index (χ2v) is 4.97. The number of nitrogens with zero attached hydrogens (tertiary/aromatic N) is 1. The van der Waals surface area contributed by atoms with Gasteiger partial charge in [0.25, 0.3) is 0 Å². The Hall–Kier alpha value is -0.930. The van der Waals surface area contributed by atoms with Crippen LogP contribution in [0.1, 0.15) is 43.9 Å². The summed E-state index contributed by atoms with van der Waals surface area (Å²) >= 11 is 0. The second-order valence-electron chi connectivity index (χ2n) is 4.97. The lowest BCUT2D eigenvalue weighted by atomic mass is 9.88. The van der Waals surface area contributed by atoms with E-state index in [-0.39, 0.29) is 0 Å². The molecule has 1 aliphatic carbocycles. The summed E-state index contributed by atoms with van der Waals surface area (Å²) in [7, 11) is 0. The maximum atomic E-state index is 5.96. The molecule has 2 rings (SSSR count). The van der Waals surface area contributed by atoms with E-state index in [0.717, 1.165) is 11.3 Å². The van der Waals surface area contributed by atoms with Crippen LogP contribution < -0.4 is 5.73 Å². The van der Waals surface area contributed by atoms with E-state index in [2.05, 4.69) is 11.9 Å². The highest BCUT2D eigenvalue weighted by molar-refractivity contribution is 5.13. The first kappa shape index (κ1) is 12.5. The van der Waals surface area contributed by atoms with Gasteiger partial charge < -0.3 is 10.5 Å². The fourth-order valence-electron chi connectivity index (χ4n) is 2.38. The molecule has 0 spiro atoms. The molecule has 17 heavy (non-hydrogen) atoms. The minimum atomic E-state index is 0.416. The molecule has 0 aromatic carbocycles. The number of hydrogen-bond donors (Lipinski definition) is 1. The molecule has 1 fully saturated rings. The zero-order valence-electron chi connectivity index (χ0n) is 10.6. The standard InChI is InChI=1S/C14H22N2O/c1-11-4-2-3-5-14(11)17-10-13-7-6-12(8-15)9-16-13/h6-7,9,11,14H,2-5,8,10,15H2,1H3. The zero-order valence-corrected chi connectivity index (χ0v) is 10.6. The highest BCUT2D eigenvalue weighted by Gasteiger charge is 2.21. The fraction of sp³-hybridized carbons (Fsp3) is 0.643. The van der Waals surface area contributed by atoms with Crippen LogP contribution in [0.25, 0.3) is 0 Å². The van der Waals surface area contributed by atoms with Crippen molar-refractivity contribution in [2.24, 2.45) is 11.7 Å². The van der Waals surface area contributed by atoms with Crippen LogP contribution in [0.5, 0.6) is 0 Å². The van der Waals surface area contributed by atoms with Gasteiger partial charge >= 0.3 is 0 Å². The molecule has 1 saturated carbocycles. The van der Waals surface area contributed by atoms with Gasteiger partial charge in [-0.05, 0) is 30.4 Å². The molecule has 1 heterocycles. The lowest BCUT2D eigenvalue weighted by Crippen LogP contribution is -2.25. The largest absolute Gasteiger partial charge is 0.372 e. The summed E-state index contributed by atoms with van der Waals surface area (Å²) in [4.78, 5) is 4.35. The van der Waals surface area contributed by atoms with E-state index in [4.69, 9.17) is 10.5 Å². The molecule has 0 aliphatic heterocycles. The predicted octanol–water partition coefficient (Wildman–Crippen LogP) is 2.64. The summed E-state index contributed by atoms with van der Waals surface area (Å²) in [5.74, 6) is 0.687. The summed E-state index contributed by atoms with van der Waals surface area (Å²) in [6.07, 6.45) is 7.40. The normalized spacial score (nSPS) is 24.8. The van der Waals surface area contributed by atoms with E-state index in [9.17, 15) is 0 Å². The molecular formula is C14H22N2O. The van der Waals surface area contributed by atoms with E-state index in [1.165, 1.54) is 25.7 Å². The average molecular weight is 234 g/mol. The van der Waals surface area contributed by atoms with Gasteiger partial charge in [0.1, 0.15) is 0 Å².